The summed E-state index contributed by atoms with van der Waals surface area (Å²) in [5, 5.41) is 8.00. The molecule has 3 heterocycles. The molecule has 2 aromatic rings. The van der Waals surface area contributed by atoms with Gasteiger partial charge in [-0.05, 0) is 49.9 Å². The van der Waals surface area contributed by atoms with E-state index in [4.69, 9.17) is 0 Å². The lowest BCUT2D eigenvalue weighted by molar-refractivity contribution is 0.0746. The van der Waals surface area contributed by atoms with Crippen molar-refractivity contribution in [1.82, 2.24) is 25.0 Å². The first-order chi connectivity index (χ1) is 12.3. The van der Waals surface area contributed by atoms with Crippen molar-refractivity contribution in [2.75, 3.05) is 26.2 Å². The van der Waals surface area contributed by atoms with Crippen LogP contribution in [0.1, 0.15) is 36.2 Å². The average molecular weight is 376 g/mol. The number of benzene rings is 1. The summed E-state index contributed by atoms with van der Waals surface area (Å²) in [7, 11) is 0. The predicted octanol–water partition coefficient (Wildman–Crippen LogP) is 2.32. The summed E-state index contributed by atoms with van der Waals surface area (Å²) in [5.74, 6) is 2.53. The predicted molar refractivity (Wildman–Crippen MR) is 103 cm³/mol. The molecule has 140 valence electrons. The molecule has 26 heavy (non-hydrogen) atoms. The minimum atomic E-state index is -0.0303. The van der Waals surface area contributed by atoms with E-state index in [-0.39, 0.29) is 18.3 Å². The van der Waals surface area contributed by atoms with Crippen molar-refractivity contribution in [2.45, 2.75) is 26.2 Å². The first-order valence-corrected chi connectivity index (χ1v) is 9.27. The van der Waals surface area contributed by atoms with E-state index in [0.717, 1.165) is 57.0 Å². The fourth-order valence-electron chi connectivity index (χ4n) is 4.00. The van der Waals surface area contributed by atoms with E-state index in [1.807, 2.05) is 42.2 Å². The number of carbonyl (C=O) groups excluding carboxylic acids is 1. The second kappa shape index (κ2) is 8.18. The lowest BCUT2D eigenvalue weighted by Gasteiger charge is -2.19. The molecular weight excluding hydrogens is 350 g/mol. The molecule has 2 atom stereocenters. The number of carbonyl (C=O) groups is 1. The van der Waals surface area contributed by atoms with E-state index >= 15 is 0 Å². The van der Waals surface area contributed by atoms with Crippen LogP contribution in [-0.4, -0.2) is 51.8 Å². The third kappa shape index (κ3) is 3.62. The van der Waals surface area contributed by atoms with E-state index in [9.17, 15) is 4.79 Å². The van der Waals surface area contributed by atoms with Gasteiger partial charge in [-0.25, -0.2) is 9.67 Å². The van der Waals surface area contributed by atoms with E-state index in [1.54, 1.807) is 4.68 Å². The van der Waals surface area contributed by atoms with Gasteiger partial charge in [0, 0.05) is 19.5 Å². The van der Waals surface area contributed by atoms with Gasteiger partial charge in [0.1, 0.15) is 5.82 Å². The maximum absolute atomic E-state index is 13.0. The Morgan fingerprint density at radius 1 is 1.15 bits per heavy atom. The highest BCUT2D eigenvalue weighted by atomic mass is 35.5. The summed E-state index contributed by atoms with van der Waals surface area (Å²) in [6.45, 7) is 5.84. The highest BCUT2D eigenvalue weighted by Gasteiger charge is 2.32. The number of rotatable bonds is 3. The summed E-state index contributed by atoms with van der Waals surface area (Å²) >= 11 is 0. The number of hydrogen-bond acceptors (Lipinski definition) is 4. The molecule has 2 saturated heterocycles. The SMILES string of the molecule is CCc1nc(C(=O)N2CC[C@@H]3CNC[C@@H]3CC2)nn1-c1ccccc1.Cl. The number of nitrogens with one attached hydrogen (secondary N) is 1. The fraction of sp³-hybridized carbons (Fsp3) is 0.526. The standard InChI is InChI=1S/C19H25N5O.ClH/c1-2-17-21-18(22-24(17)16-6-4-3-5-7-16)19(25)23-10-8-14-12-20-13-15(14)9-11-23;/h3-7,14-15,20H,2,8-13H2,1H3;1H/t14-,15+;. The Kier molecular flexibility index (Phi) is 5.94. The lowest BCUT2D eigenvalue weighted by atomic mass is 9.92. The summed E-state index contributed by atoms with van der Waals surface area (Å²) in [6.07, 6.45) is 2.89. The first kappa shape index (κ1) is 18.9. The molecule has 0 bridgehead atoms. The molecule has 2 aliphatic heterocycles. The number of amides is 1. The van der Waals surface area contributed by atoms with Gasteiger partial charge < -0.3 is 10.2 Å². The summed E-state index contributed by atoms with van der Waals surface area (Å²) in [6, 6.07) is 9.89. The third-order valence-corrected chi connectivity index (χ3v) is 5.49. The van der Waals surface area contributed by atoms with E-state index < -0.39 is 0 Å². The summed E-state index contributed by atoms with van der Waals surface area (Å²) < 4.78 is 1.80. The number of aryl methyl sites for hydroxylation is 1. The Hall–Kier alpha value is -1.92. The van der Waals surface area contributed by atoms with Gasteiger partial charge in [-0.3, -0.25) is 4.79 Å². The third-order valence-electron chi connectivity index (χ3n) is 5.49. The van der Waals surface area contributed by atoms with Crippen LogP contribution in [0, 0.1) is 11.8 Å². The zero-order chi connectivity index (χ0) is 17.2. The summed E-state index contributed by atoms with van der Waals surface area (Å²) in [4.78, 5) is 19.4. The Labute approximate surface area is 160 Å². The van der Waals surface area contributed by atoms with Crippen LogP contribution in [0.4, 0.5) is 0 Å². The van der Waals surface area contributed by atoms with Crippen molar-refractivity contribution < 1.29 is 4.79 Å². The molecule has 2 aliphatic rings. The van der Waals surface area contributed by atoms with Crippen LogP contribution in [0.25, 0.3) is 5.69 Å². The van der Waals surface area contributed by atoms with Crippen molar-refractivity contribution in [3.63, 3.8) is 0 Å². The largest absolute Gasteiger partial charge is 0.336 e. The maximum atomic E-state index is 13.0. The van der Waals surface area contributed by atoms with E-state index in [0.29, 0.717) is 17.7 Å². The van der Waals surface area contributed by atoms with Crippen molar-refractivity contribution in [3.8, 4) is 5.69 Å². The number of hydrogen-bond donors (Lipinski definition) is 1. The molecule has 0 radical (unpaired) electrons. The Bertz CT molecular complexity index is 734. The topological polar surface area (TPSA) is 63.1 Å². The van der Waals surface area contributed by atoms with Crippen LogP contribution in [0.3, 0.4) is 0 Å². The number of fused-ring (bicyclic) bond motifs is 1. The van der Waals surface area contributed by atoms with Crippen LogP contribution in [0.5, 0.6) is 0 Å². The zero-order valence-corrected chi connectivity index (χ0v) is 15.9. The number of para-hydroxylation sites is 1. The average Bonchev–Trinajstić information content (AvgIpc) is 3.24. The molecule has 1 aromatic heterocycles. The fourth-order valence-corrected chi connectivity index (χ4v) is 4.00. The van der Waals surface area contributed by atoms with Crippen molar-refractivity contribution in [2.24, 2.45) is 11.8 Å². The van der Waals surface area contributed by atoms with Crippen LogP contribution in [0.2, 0.25) is 0 Å². The van der Waals surface area contributed by atoms with Gasteiger partial charge in [-0.1, -0.05) is 25.1 Å². The monoisotopic (exact) mass is 375 g/mol. The number of likely N-dealkylation sites (tertiary alicyclic amines) is 1. The molecule has 2 fully saturated rings. The molecule has 0 saturated carbocycles. The Morgan fingerprint density at radius 2 is 1.81 bits per heavy atom. The Balaban J connectivity index is 0.00000196. The molecule has 0 spiro atoms. The minimum Gasteiger partial charge on any atom is -0.336 e. The van der Waals surface area contributed by atoms with Crippen LogP contribution in [0.15, 0.2) is 30.3 Å². The van der Waals surface area contributed by atoms with E-state index in [1.165, 1.54) is 0 Å². The van der Waals surface area contributed by atoms with Crippen LogP contribution >= 0.6 is 12.4 Å². The van der Waals surface area contributed by atoms with Crippen molar-refractivity contribution in [1.29, 1.82) is 0 Å². The van der Waals surface area contributed by atoms with Gasteiger partial charge in [-0.15, -0.1) is 17.5 Å². The van der Waals surface area contributed by atoms with Crippen molar-refractivity contribution >= 4 is 18.3 Å². The van der Waals surface area contributed by atoms with Gasteiger partial charge in [0.15, 0.2) is 0 Å². The quantitative estimate of drug-likeness (QED) is 0.894. The van der Waals surface area contributed by atoms with Crippen LogP contribution in [-0.2, 0) is 6.42 Å². The van der Waals surface area contributed by atoms with Crippen molar-refractivity contribution in [3.05, 3.63) is 42.0 Å². The van der Waals surface area contributed by atoms with E-state index in [2.05, 4.69) is 15.4 Å². The molecule has 7 heteroatoms. The highest BCUT2D eigenvalue weighted by Crippen LogP contribution is 2.27. The number of halogens is 1. The second-order valence-corrected chi connectivity index (χ2v) is 7.00. The maximum Gasteiger partial charge on any atom is 0.293 e. The van der Waals surface area contributed by atoms with Crippen LogP contribution < -0.4 is 5.32 Å². The molecule has 0 unspecified atom stereocenters. The van der Waals surface area contributed by atoms with Gasteiger partial charge in [0.25, 0.3) is 5.91 Å². The van der Waals surface area contributed by atoms with Gasteiger partial charge >= 0.3 is 0 Å². The number of aromatic nitrogens is 3. The molecule has 1 amide bonds. The zero-order valence-electron chi connectivity index (χ0n) is 15.1. The van der Waals surface area contributed by atoms with Gasteiger partial charge in [-0.2, -0.15) is 0 Å². The Morgan fingerprint density at radius 3 is 2.42 bits per heavy atom. The first-order valence-electron chi connectivity index (χ1n) is 9.27. The molecule has 1 aromatic carbocycles. The molecule has 0 aliphatic carbocycles. The molecular formula is C19H26ClN5O. The normalized spacial score (nSPS) is 22.4. The minimum absolute atomic E-state index is 0. The molecule has 1 N–H and O–H groups in total. The van der Waals surface area contributed by atoms with Gasteiger partial charge in [0.05, 0.1) is 5.69 Å². The highest BCUT2D eigenvalue weighted by molar-refractivity contribution is 5.90. The smallest absolute Gasteiger partial charge is 0.293 e. The molecule has 6 nitrogen and oxygen atoms in total. The molecule has 4 rings (SSSR count). The lowest BCUT2D eigenvalue weighted by Crippen LogP contribution is -2.33. The van der Waals surface area contributed by atoms with Gasteiger partial charge in [0.2, 0.25) is 5.82 Å². The second-order valence-electron chi connectivity index (χ2n) is 7.00. The summed E-state index contributed by atoms with van der Waals surface area (Å²) in [5.41, 5.74) is 0.947. The number of nitrogens with zero attached hydrogens (tertiary/aromatic N) is 4.